The first kappa shape index (κ1) is 24.7. The Bertz CT molecular complexity index is 799. The van der Waals surface area contributed by atoms with Crippen LogP contribution < -0.4 is 29.6 Å². The molecular weight excluding hydrogens is 485 g/mol. The molecule has 2 aromatic rings. The number of hydrogen-bond donors (Lipinski definition) is 2. The molecule has 0 radical (unpaired) electrons. The number of hydrogen-bond acceptors (Lipinski definition) is 5. The summed E-state index contributed by atoms with van der Waals surface area (Å²) in [5.74, 6) is 3.43. The van der Waals surface area contributed by atoms with E-state index in [1.807, 2.05) is 50.2 Å². The van der Waals surface area contributed by atoms with Crippen molar-refractivity contribution in [1.82, 2.24) is 5.32 Å². The predicted octanol–water partition coefficient (Wildman–Crippen LogP) is 4.31. The maximum atomic E-state index is 5.56. The molecule has 0 aromatic heterocycles. The summed E-state index contributed by atoms with van der Waals surface area (Å²) in [6.45, 7) is 5.77. The quantitative estimate of drug-likeness (QED) is 0.295. The third kappa shape index (κ3) is 7.19. The van der Waals surface area contributed by atoms with Crippen LogP contribution in [0.3, 0.4) is 0 Å². The Morgan fingerprint density at radius 1 is 0.862 bits per heavy atom. The number of anilines is 1. The normalized spacial score (nSPS) is 10.6. The average molecular weight is 515 g/mol. The Hall–Kier alpha value is -2.36. The van der Waals surface area contributed by atoms with Crippen LogP contribution in [0.25, 0.3) is 0 Å². The van der Waals surface area contributed by atoms with Gasteiger partial charge in [-0.05, 0) is 43.7 Å². The molecule has 8 heteroatoms. The van der Waals surface area contributed by atoms with Crippen molar-refractivity contribution < 1.29 is 18.9 Å². The van der Waals surface area contributed by atoms with E-state index in [9.17, 15) is 0 Å². The smallest absolute Gasteiger partial charge is 0.196 e. The molecule has 0 atom stereocenters. The van der Waals surface area contributed by atoms with Gasteiger partial charge in [-0.3, -0.25) is 0 Å². The molecule has 0 aliphatic heterocycles. The second-order valence-electron chi connectivity index (χ2n) is 5.81. The number of methoxy groups -OCH3 is 3. The SMILES string of the molecule is CCNC(=NCc1ccc(OC)c(OC)c1)Nc1ccc(OCC)c(OC)c1.I. The van der Waals surface area contributed by atoms with Crippen LogP contribution >= 0.6 is 24.0 Å². The van der Waals surface area contributed by atoms with Crippen LogP contribution in [0, 0.1) is 0 Å². The summed E-state index contributed by atoms with van der Waals surface area (Å²) in [6, 6.07) is 11.5. The van der Waals surface area contributed by atoms with Crippen molar-refractivity contribution in [3.05, 3.63) is 42.0 Å². The Balaban J connectivity index is 0.00000420. The van der Waals surface area contributed by atoms with Crippen molar-refractivity contribution in [2.45, 2.75) is 20.4 Å². The number of halogens is 1. The van der Waals surface area contributed by atoms with Gasteiger partial charge in [0.2, 0.25) is 0 Å². The second kappa shape index (κ2) is 13.0. The van der Waals surface area contributed by atoms with Gasteiger partial charge in [-0.2, -0.15) is 0 Å². The van der Waals surface area contributed by atoms with Gasteiger partial charge in [0.15, 0.2) is 29.0 Å². The molecule has 0 saturated carbocycles. The average Bonchev–Trinajstić information content (AvgIpc) is 2.73. The number of nitrogens with zero attached hydrogens (tertiary/aromatic N) is 1. The van der Waals surface area contributed by atoms with Gasteiger partial charge in [0.05, 0.1) is 34.5 Å². The van der Waals surface area contributed by atoms with E-state index in [0.717, 1.165) is 17.8 Å². The maximum Gasteiger partial charge on any atom is 0.196 e. The van der Waals surface area contributed by atoms with Crippen LogP contribution in [0.2, 0.25) is 0 Å². The molecule has 0 fully saturated rings. The van der Waals surface area contributed by atoms with Crippen LogP contribution in [0.5, 0.6) is 23.0 Å². The number of aliphatic imine (C=N–C) groups is 1. The summed E-state index contributed by atoms with van der Waals surface area (Å²) in [7, 11) is 4.86. The molecule has 29 heavy (non-hydrogen) atoms. The summed E-state index contributed by atoms with van der Waals surface area (Å²) < 4.78 is 21.6. The van der Waals surface area contributed by atoms with E-state index in [0.29, 0.717) is 42.1 Å². The standard InChI is InChI=1S/C21H29N3O4.HI/c1-6-22-21(23-14-15-8-10-17(25-3)19(12-15)26-4)24-16-9-11-18(28-7-2)20(13-16)27-5;/h8-13H,6-7,14H2,1-5H3,(H2,22,23,24);1H. The molecule has 0 amide bonds. The van der Waals surface area contributed by atoms with E-state index >= 15 is 0 Å². The Kier molecular flexibility index (Phi) is 11.0. The Morgan fingerprint density at radius 3 is 2.14 bits per heavy atom. The molecule has 2 N–H and O–H groups in total. The first-order valence-corrected chi connectivity index (χ1v) is 9.22. The highest BCUT2D eigenvalue weighted by atomic mass is 127. The summed E-state index contributed by atoms with van der Waals surface area (Å²) in [5.41, 5.74) is 1.87. The minimum Gasteiger partial charge on any atom is -0.493 e. The van der Waals surface area contributed by atoms with Crippen molar-refractivity contribution in [2.24, 2.45) is 4.99 Å². The second-order valence-corrected chi connectivity index (χ2v) is 5.81. The topological polar surface area (TPSA) is 73.3 Å². The van der Waals surface area contributed by atoms with Crippen LogP contribution in [0.15, 0.2) is 41.4 Å². The van der Waals surface area contributed by atoms with E-state index < -0.39 is 0 Å². The van der Waals surface area contributed by atoms with E-state index in [2.05, 4.69) is 15.6 Å². The van der Waals surface area contributed by atoms with Crippen LogP contribution in [0.1, 0.15) is 19.4 Å². The minimum absolute atomic E-state index is 0. The minimum atomic E-state index is 0. The Morgan fingerprint density at radius 2 is 1.52 bits per heavy atom. The lowest BCUT2D eigenvalue weighted by molar-refractivity contribution is 0.311. The van der Waals surface area contributed by atoms with Crippen LogP contribution in [0.4, 0.5) is 5.69 Å². The zero-order valence-corrected chi connectivity index (χ0v) is 19.9. The van der Waals surface area contributed by atoms with Crippen molar-refractivity contribution in [3.8, 4) is 23.0 Å². The van der Waals surface area contributed by atoms with E-state index in [-0.39, 0.29) is 24.0 Å². The molecular formula is C21H30IN3O4. The maximum absolute atomic E-state index is 5.56. The zero-order chi connectivity index (χ0) is 20.4. The van der Waals surface area contributed by atoms with Crippen molar-refractivity contribution in [2.75, 3.05) is 39.8 Å². The number of ether oxygens (including phenoxy) is 4. The summed E-state index contributed by atoms with van der Waals surface area (Å²) >= 11 is 0. The molecule has 0 spiro atoms. The van der Waals surface area contributed by atoms with Gasteiger partial charge >= 0.3 is 0 Å². The monoisotopic (exact) mass is 515 g/mol. The largest absolute Gasteiger partial charge is 0.493 e. The fourth-order valence-electron chi connectivity index (χ4n) is 2.61. The van der Waals surface area contributed by atoms with Crippen LogP contribution in [-0.2, 0) is 6.54 Å². The van der Waals surface area contributed by atoms with Crippen LogP contribution in [-0.4, -0.2) is 40.4 Å². The summed E-state index contributed by atoms with van der Waals surface area (Å²) in [5, 5.41) is 6.53. The van der Waals surface area contributed by atoms with E-state index in [1.54, 1.807) is 21.3 Å². The lowest BCUT2D eigenvalue weighted by atomic mass is 10.2. The lowest BCUT2D eigenvalue weighted by Crippen LogP contribution is -2.30. The predicted molar refractivity (Wildman–Crippen MR) is 128 cm³/mol. The van der Waals surface area contributed by atoms with Crippen molar-refractivity contribution >= 4 is 35.6 Å². The highest BCUT2D eigenvalue weighted by Crippen LogP contribution is 2.30. The molecule has 2 rings (SSSR count). The highest BCUT2D eigenvalue weighted by molar-refractivity contribution is 14.0. The molecule has 7 nitrogen and oxygen atoms in total. The van der Waals surface area contributed by atoms with Crippen molar-refractivity contribution in [1.29, 1.82) is 0 Å². The fraction of sp³-hybridized carbons (Fsp3) is 0.381. The number of nitrogens with one attached hydrogen (secondary N) is 2. The molecule has 0 bridgehead atoms. The van der Waals surface area contributed by atoms with Crippen molar-refractivity contribution in [3.63, 3.8) is 0 Å². The van der Waals surface area contributed by atoms with Gasteiger partial charge in [0, 0.05) is 18.3 Å². The molecule has 0 aliphatic rings. The van der Waals surface area contributed by atoms with Gasteiger partial charge in [0.25, 0.3) is 0 Å². The molecule has 160 valence electrons. The number of rotatable bonds is 9. The molecule has 0 unspecified atom stereocenters. The number of benzene rings is 2. The first-order chi connectivity index (χ1) is 13.6. The fourth-order valence-corrected chi connectivity index (χ4v) is 2.61. The lowest BCUT2D eigenvalue weighted by Gasteiger charge is -2.14. The number of guanidine groups is 1. The third-order valence-corrected chi connectivity index (χ3v) is 3.94. The van der Waals surface area contributed by atoms with E-state index in [4.69, 9.17) is 18.9 Å². The van der Waals surface area contributed by atoms with Gasteiger partial charge in [0.1, 0.15) is 0 Å². The van der Waals surface area contributed by atoms with E-state index in [1.165, 1.54) is 0 Å². The van der Waals surface area contributed by atoms with Gasteiger partial charge in [-0.15, -0.1) is 24.0 Å². The third-order valence-electron chi connectivity index (χ3n) is 3.94. The summed E-state index contributed by atoms with van der Waals surface area (Å²) in [4.78, 5) is 4.65. The molecule has 0 aliphatic carbocycles. The summed E-state index contributed by atoms with van der Waals surface area (Å²) in [6.07, 6.45) is 0. The first-order valence-electron chi connectivity index (χ1n) is 9.22. The van der Waals surface area contributed by atoms with Gasteiger partial charge in [-0.1, -0.05) is 6.07 Å². The zero-order valence-electron chi connectivity index (χ0n) is 17.6. The van der Waals surface area contributed by atoms with Gasteiger partial charge in [-0.25, -0.2) is 4.99 Å². The molecule has 0 saturated heterocycles. The molecule has 2 aromatic carbocycles. The van der Waals surface area contributed by atoms with Gasteiger partial charge < -0.3 is 29.6 Å². The highest BCUT2D eigenvalue weighted by Gasteiger charge is 2.08. The molecule has 0 heterocycles. The Labute approximate surface area is 189 Å².